The van der Waals surface area contributed by atoms with Gasteiger partial charge in [0, 0.05) is 11.6 Å². The van der Waals surface area contributed by atoms with Crippen molar-refractivity contribution in [2.75, 3.05) is 6.61 Å². The molecule has 5 heteroatoms. The van der Waals surface area contributed by atoms with E-state index in [0.29, 0.717) is 12.6 Å². The molecule has 0 atom stereocenters. The summed E-state index contributed by atoms with van der Waals surface area (Å²) in [6.45, 7) is 6.94. The lowest BCUT2D eigenvalue weighted by Crippen LogP contribution is -2.14. The highest BCUT2D eigenvalue weighted by Gasteiger charge is 2.23. The molecular formula is C36H40N2O3. The number of aromatic carboxylic acids is 1. The summed E-state index contributed by atoms with van der Waals surface area (Å²) in [6, 6.07) is 22.5. The Kier molecular flexibility index (Phi) is 9.03. The Bertz CT molecular complexity index is 1570. The van der Waals surface area contributed by atoms with Crippen LogP contribution >= 0.6 is 0 Å². The average molecular weight is 549 g/mol. The summed E-state index contributed by atoms with van der Waals surface area (Å²) in [4.78, 5) is 16.6. The molecule has 0 unspecified atom stereocenters. The van der Waals surface area contributed by atoms with Crippen LogP contribution in [-0.2, 0) is 6.42 Å². The second-order valence-electron chi connectivity index (χ2n) is 11.2. The number of carboxylic acid groups (broad SMARTS) is 1. The summed E-state index contributed by atoms with van der Waals surface area (Å²) in [7, 11) is 0. The van der Waals surface area contributed by atoms with Crippen molar-refractivity contribution >= 4 is 17.0 Å². The van der Waals surface area contributed by atoms with Crippen LogP contribution in [0.1, 0.15) is 79.9 Å². The molecule has 1 heterocycles. The van der Waals surface area contributed by atoms with E-state index in [-0.39, 0.29) is 5.56 Å². The number of carboxylic acids is 1. The zero-order valence-electron chi connectivity index (χ0n) is 24.4. The molecule has 212 valence electrons. The largest absolute Gasteiger partial charge is 0.489 e. The number of ether oxygens (including phenoxy) is 1. The van der Waals surface area contributed by atoms with Crippen molar-refractivity contribution in [3.05, 3.63) is 107 Å². The molecule has 5 rings (SSSR count). The Morgan fingerprint density at radius 3 is 2.54 bits per heavy atom. The van der Waals surface area contributed by atoms with Crippen molar-refractivity contribution in [2.24, 2.45) is 0 Å². The molecule has 0 spiro atoms. The van der Waals surface area contributed by atoms with Gasteiger partial charge in [-0.15, -0.1) is 0 Å². The van der Waals surface area contributed by atoms with Crippen LogP contribution in [-0.4, -0.2) is 27.2 Å². The number of aromatic nitrogens is 2. The highest BCUT2D eigenvalue weighted by atomic mass is 16.5. The normalized spacial score (nSPS) is 14.9. The molecular weight excluding hydrogens is 508 g/mol. The van der Waals surface area contributed by atoms with E-state index >= 15 is 0 Å². The molecule has 1 aliphatic rings. The Hall–Kier alpha value is -4.12. The summed E-state index contributed by atoms with van der Waals surface area (Å²) in [5.41, 5.74) is 8.03. The van der Waals surface area contributed by atoms with Crippen LogP contribution in [0.5, 0.6) is 5.75 Å². The van der Waals surface area contributed by atoms with E-state index in [1.807, 2.05) is 18.2 Å². The van der Waals surface area contributed by atoms with E-state index in [4.69, 9.17) is 9.72 Å². The minimum absolute atomic E-state index is 0.264. The molecule has 1 N–H and O–H groups in total. The van der Waals surface area contributed by atoms with Crippen molar-refractivity contribution in [3.63, 3.8) is 0 Å². The van der Waals surface area contributed by atoms with Gasteiger partial charge in [-0.1, -0.05) is 73.7 Å². The van der Waals surface area contributed by atoms with Gasteiger partial charge in [-0.05, 0) is 93.1 Å². The zero-order valence-corrected chi connectivity index (χ0v) is 24.4. The number of hydrogen-bond donors (Lipinski definition) is 1. The first-order chi connectivity index (χ1) is 19.9. The number of benzene rings is 3. The molecule has 1 fully saturated rings. The lowest BCUT2D eigenvalue weighted by molar-refractivity contribution is 0.0697. The molecule has 0 bridgehead atoms. The van der Waals surface area contributed by atoms with Crippen LogP contribution in [0.25, 0.3) is 22.4 Å². The number of carbonyl (C=O) groups is 1. The van der Waals surface area contributed by atoms with Crippen LogP contribution in [0.15, 0.2) is 90.0 Å². The maximum absolute atomic E-state index is 11.6. The Labute approximate surface area is 243 Å². The number of fused-ring (bicyclic) bond motifs is 1. The van der Waals surface area contributed by atoms with Gasteiger partial charge in [0.2, 0.25) is 0 Å². The highest BCUT2D eigenvalue weighted by Crippen LogP contribution is 2.36. The SMILES string of the molecule is CC/C=C(C)\C=C(\COc1ccc(-c2nc3cc(C(=O)O)ccc3n2C2CCCCC2)cc1)Cc1cccc(C)c1. The maximum Gasteiger partial charge on any atom is 0.335 e. The van der Waals surface area contributed by atoms with Gasteiger partial charge in [0.05, 0.1) is 16.6 Å². The molecule has 0 aliphatic heterocycles. The summed E-state index contributed by atoms with van der Waals surface area (Å²) in [5.74, 6) is 0.772. The Morgan fingerprint density at radius 2 is 1.83 bits per heavy atom. The van der Waals surface area contributed by atoms with Gasteiger partial charge >= 0.3 is 5.97 Å². The summed E-state index contributed by atoms with van der Waals surface area (Å²) >= 11 is 0. The fourth-order valence-electron chi connectivity index (χ4n) is 5.95. The van der Waals surface area contributed by atoms with Gasteiger partial charge in [0.25, 0.3) is 0 Å². The number of rotatable bonds is 10. The first-order valence-corrected chi connectivity index (χ1v) is 14.8. The lowest BCUT2D eigenvalue weighted by Gasteiger charge is -2.25. The molecule has 0 radical (unpaired) electrons. The van der Waals surface area contributed by atoms with Crippen molar-refractivity contribution in [1.82, 2.24) is 9.55 Å². The molecule has 0 amide bonds. The number of aryl methyl sites for hydroxylation is 1. The van der Waals surface area contributed by atoms with Crippen LogP contribution < -0.4 is 4.74 Å². The van der Waals surface area contributed by atoms with E-state index in [0.717, 1.165) is 53.9 Å². The van der Waals surface area contributed by atoms with E-state index in [1.54, 1.807) is 12.1 Å². The molecule has 5 nitrogen and oxygen atoms in total. The molecule has 3 aromatic carbocycles. The fourth-order valence-corrected chi connectivity index (χ4v) is 5.95. The zero-order chi connectivity index (χ0) is 28.8. The molecule has 0 saturated heterocycles. The quantitative estimate of drug-likeness (QED) is 0.201. The first kappa shape index (κ1) is 28.4. The average Bonchev–Trinajstić information content (AvgIpc) is 3.35. The summed E-state index contributed by atoms with van der Waals surface area (Å²) in [6.07, 6.45) is 12.2. The second-order valence-corrected chi connectivity index (χ2v) is 11.2. The van der Waals surface area contributed by atoms with Crippen molar-refractivity contribution in [3.8, 4) is 17.1 Å². The van der Waals surface area contributed by atoms with Crippen molar-refractivity contribution in [1.29, 1.82) is 0 Å². The third-order valence-corrected chi connectivity index (χ3v) is 7.88. The minimum Gasteiger partial charge on any atom is -0.489 e. The van der Waals surface area contributed by atoms with Gasteiger partial charge in [-0.3, -0.25) is 0 Å². The van der Waals surface area contributed by atoms with E-state index < -0.39 is 5.97 Å². The van der Waals surface area contributed by atoms with Crippen LogP contribution in [0.2, 0.25) is 0 Å². The highest BCUT2D eigenvalue weighted by molar-refractivity contribution is 5.93. The predicted octanol–water partition coefficient (Wildman–Crippen LogP) is 9.12. The van der Waals surface area contributed by atoms with E-state index in [1.165, 1.54) is 41.5 Å². The smallest absolute Gasteiger partial charge is 0.335 e. The number of allylic oxidation sites excluding steroid dienone is 3. The molecule has 41 heavy (non-hydrogen) atoms. The van der Waals surface area contributed by atoms with Crippen molar-refractivity contribution < 1.29 is 14.6 Å². The number of hydrogen-bond acceptors (Lipinski definition) is 3. The number of imidazole rings is 1. The van der Waals surface area contributed by atoms with Gasteiger partial charge in [-0.25, -0.2) is 9.78 Å². The topological polar surface area (TPSA) is 64.3 Å². The standard InChI is InChI=1S/C36H40N2O3/c1-4-9-25(2)21-28(22-27-11-8-10-26(3)20-27)24-41-32-17-14-29(15-18-32)35-37-33-23-30(36(39)40)16-19-34(33)38(35)31-12-6-5-7-13-31/h8-11,14-21,23,31H,4-7,12-13,22,24H2,1-3H3,(H,39,40)/b25-9-,28-21+. The second kappa shape index (κ2) is 13.0. The van der Waals surface area contributed by atoms with Crippen molar-refractivity contribution in [2.45, 2.75) is 71.8 Å². The molecule has 1 saturated carbocycles. The van der Waals surface area contributed by atoms with Gasteiger partial charge in [0.1, 0.15) is 18.2 Å². The summed E-state index contributed by atoms with van der Waals surface area (Å²) < 4.78 is 8.63. The number of nitrogens with zero attached hydrogens (tertiary/aromatic N) is 2. The first-order valence-electron chi connectivity index (χ1n) is 14.8. The molecule has 1 aliphatic carbocycles. The minimum atomic E-state index is -0.932. The maximum atomic E-state index is 11.6. The molecule has 1 aromatic heterocycles. The van der Waals surface area contributed by atoms with Crippen LogP contribution in [0, 0.1) is 6.92 Å². The Balaban J connectivity index is 1.40. The third kappa shape index (κ3) is 6.97. The molecule has 4 aromatic rings. The van der Waals surface area contributed by atoms with E-state index in [9.17, 15) is 9.90 Å². The third-order valence-electron chi connectivity index (χ3n) is 7.88. The van der Waals surface area contributed by atoms with Crippen LogP contribution in [0.3, 0.4) is 0 Å². The van der Waals surface area contributed by atoms with Crippen LogP contribution in [0.4, 0.5) is 0 Å². The Morgan fingerprint density at radius 1 is 1.05 bits per heavy atom. The van der Waals surface area contributed by atoms with Gasteiger partial charge in [-0.2, -0.15) is 0 Å². The predicted molar refractivity (Wildman–Crippen MR) is 167 cm³/mol. The lowest BCUT2D eigenvalue weighted by atomic mass is 9.95. The fraction of sp³-hybridized carbons (Fsp3) is 0.333. The summed E-state index contributed by atoms with van der Waals surface area (Å²) in [5, 5.41) is 9.52. The van der Waals surface area contributed by atoms with Gasteiger partial charge in [0.15, 0.2) is 0 Å². The van der Waals surface area contributed by atoms with Gasteiger partial charge < -0.3 is 14.4 Å². The van der Waals surface area contributed by atoms with E-state index in [2.05, 4.69) is 73.9 Å². The monoisotopic (exact) mass is 548 g/mol.